The number of hydrogen-bond acceptors (Lipinski definition) is 7. The van der Waals surface area contributed by atoms with Crippen molar-refractivity contribution >= 4 is 21.6 Å². The molecule has 0 spiro atoms. The van der Waals surface area contributed by atoms with Crippen LogP contribution in [0.4, 0.5) is 0 Å². The summed E-state index contributed by atoms with van der Waals surface area (Å²) in [6, 6.07) is 18.0. The average molecular weight is 429 g/mol. The molecule has 0 N–H and O–H groups in total. The van der Waals surface area contributed by atoms with Gasteiger partial charge in [0.15, 0.2) is 0 Å². The molecule has 0 fully saturated rings. The number of benzene rings is 2. The molecule has 5 rings (SSSR count). The van der Waals surface area contributed by atoms with Crippen LogP contribution in [0.1, 0.15) is 5.82 Å². The Morgan fingerprint density at radius 1 is 1.03 bits per heavy atom. The summed E-state index contributed by atoms with van der Waals surface area (Å²) in [4.78, 5) is 12.5. The second-order valence-electron chi connectivity index (χ2n) is 7.33. The molecule has 0 amide bonds. The Morgan fingerprint density at radius 2 is 1.90 bits per heavy atom. The third kappa shape index (κ3) is 4.03. The quantitative estimate of drug-likeness (QED) is 0.387. The Bertz CT molecular complexity index is 1310. The molecule has 0 unspecified atom stereocenters. The first kappa shape index (κ1) is 19.3. The molecule has 7 nitrogen and oxygen atoms in total. The first-order valence-electron chi connectivity index (χ1n) is 9.80. The average Bonchev–Trinajstić information content (AvgIpc) is 3.45. The monoisotopic (exact) mass is 428 g/mol. The fraction of sp³-hybridized carbons (Fsp3) is 0.130. The normalized spacial score (nSPS) is 11.3. The highest BCUT2D eigenvalue weighted by Gasteiger charge is 2.18. The van der Waals surface area contributed by atoms with Crippen LogP contribution >= 0.6 is 11.3 Å². The minimum atomic E-state index is 0.553. The molecule has 0 saturated heterocycles. The molecule has 0 radical (unpaired) electrons. The van der Waals surface area contributed by atoms with Crippen molar-refractivity contribution in [3.63, 3.8) is 0 Å². The van der Waals surface area contributed by atoms with E-state index in [-0.39, 0.29) is 0 Å². The zero-order valence-electron chi connectivity index (χ0n) is 17.1. The molecule has 2 aromatic carbocycles. The number of hydrogen-bond donors (Lipinski definition) is 0. The van der Waals surface area contributed by atoms with Crippen molar-refractivity contribution < 1.29 is 4.74 Å². The van der Waals surface area contributed by atoms with Crippen LogP contribution < -0.4 is 4.74 Å². The number of ether oxygens (including phenoxy) is 1. The lowest BCUT2D eigenvalue weighted by Gasteiger charge is -2.13. The Kier molecular flexibility index (Phi) is 5.15. The van der Waals surface area contributed by atoms with Gasteiger partial charge in [0.1, 0.15) is 16.4 Å². The fourth-order valence-electron chi connectivity index (χ4n) is 3.36. The maximum atomic E-state index is 6.35. The van der Waals surface area contributed by atoms with Crippen molar-refractivity contribution in [2.24, 2.45) is 0 Å². The number of fused-ring (bicyclic) bond motifs is 1. The SMILES string of the molecule is CN(C)Cc1nc(Oc2cccc(-n3ccnn3)c2)c2c(-c3ccccc3)csc2n1. The molecular weight excluding hydrogens is 408 g/mol. The molecule has 0 saturated carbocycles. The first-order chi connectivity index (χ1) is 15.2. The molecule has 0 aliphatic heterocycles. The van der Waals surface area contributed by atoms with E-state index in [0.717, 1.165) is 32.9 Å². The highest BCUT2D eigenvalue weighted by Crippen LogP contribution is 2.39. The van der Waals surface area contributed by atoms with Gasteiger partial charge in [-0.25, -0.2) is 9.67 Å². The number of aromatic nitrogens is 5. The van der Waals surface area contributed by atoms with Gasteiger partial charge in [-0.1, -0.05) is 41.6 Å². The Hall–Kier alpha value is -3.62. The van der Waals surface area contributed by atoms with E-state index in [1.54, 1.807) is 28.4 Å². The van der Waals surface area contributed by atoms with Gasteiger partial charge in [-0.05, 0) is 31.8 Å². The van der Waals surface area contributed by atoms with Crippen molar-refractivity contribution in [1.29, 1.82) is 0 Å². The summed E-state index contributed by atoms with van der Waals surface area (Å²) in [6.07, 6.45) is 3.44. The van der Waals surface area contributed by atoms with Crippen molar-refractivity contribution in [3.05, 3.63) is 78.2 Å². The van der Waals surface area contributed by atoms with E-state index in [0.29, 0.717) is 18.2 Å². The molecule has 0 aliphatic carbocycles. The minimum absolute atomic E-state index is 0.553. The third-order valence-corrected chi connectivity index (χ3v) is 5.58. The molecule has 154 valence electrons. The predicted octanol–water partition coefficient (Wildman–Crippen LogP) is 4.79. The summed E-state index contributed by atoms with van der Waals surface area (Å²) in [5.41, 5.74) is 3.04. The lowest BCUT2D eigenvalue weighted by Crippen LogP contribution is -2.13. The Morgan fingerprint density at radius 3 is 2.68 bits per heavy atom. The number of nitrogens with zero attached hydrogens (tertiary/aromatic N) is 6. The number of thiophene rings is 1. The molecule has 3 heterocycles. The standard InChI is InChI=1S/C23H20N6OS/c1-28(2)14-20-25-22(30-18-10-6-9-17(13-18)29-12-11-24-27-29)21-19(15-31-23(21)26-20)16-7-4-3-5-8-16/h3-13,15H,14H2,1-2H3. The van der Waals surface area contributed by atoms with E-state index >= 15 is 0 Å². The highest BCUT2D eigenvalue weighted by molar-refractivity contribution is 7.17. The topological polar surface area (TPSA) is 69.0 Å². The van der Waals surface area contributed by atoms with Crippen LogP contribution in [0, 0.1) is 0 Å². The lowest BCUT2D eigenvalue weighted by molar-refractivity contribution is 0.385. The van der Waals surface area contributed by atoms with Crippen LogP contribution in [0.3, 0.4) is 0 Å². The van der Waals surface area contributed by atoms with E-state index in [2.05, 4.69) is 27.8 Å². The molecule has 0 bridgehead atoms. The first-order valence-corrected chi connectivity index (χ1v) is 10.7. The van der Waals surface area contributed by atoms with E-state index in [4.69, 9.17) is 14.7 Å². The van der Waals surface area contributed by atoms with E-state index in [1.807, 2.05) is 61.5 Å². The molecule has 0 aliphatic rings. The zero-order chi connectivity index (χ0) is 21.2. The van der Waals surface area contributed by atoms with Gasteiger partial charge in [-0.15, -0.1) is 16.4 Å². The summed E-state index contributed by atoms with van der Waals surface area (Å²) in [7, 11) is 4.00. The molecule has 31 heavy (non-hydrogen) atoms. The number of rotatable bonds is 6. The van der Waals surface area contributed by atoms with Crippen molar-refractivity contribution in [2.75, 3.05) is 14.1 Å². The van der Waals surface area contributed by atoms with Gasteiger partial charge >= 0.3 is 0 Å². The summed E-state index contributed by atoms with van der Waals surface area (Å²) in [5.74, 6) is 1.95. The molecule has 3 aromatic heterocycles. The second kappa shape index (κ2) is 8.25. The van der Waals surface area contributed by atoms with Gasteiger partial charge < -0.3 is 9.64 Å². The zero-order valence-corrected chi connectivity index (χ0v) is 18.0. The molecule has 8 heteroatoms. The summed E-state index contributed by atoms with van der Waals surface area (Å²) >= 11 is 1.60. The summed E-state index contributed by atoms with van der Waals surface area (Å²) in [6.45, 7) is 0.629. The van der Waals surface area contributed by atoms with Crippen molar-refractivity contribution in [1.82, 2.24) is 29.9 Å². The summed E-state index contributed by atoms with van der Waals surface area (Å²) < 4.78 is 8.04. The van der Waals surface area contributed by atoms with Gasteiger partial charge in [-0.3, -0.25) is 0 Å². The van der Waals surface area contributed by atoms with E-state index in [9.17, 15) is 0 Å². The Labute approximate surface area is 183 Å². The van der Waals surface area contributed by atoms with Crippen LogP contribution in [0.25, 0.3) is 27.0 Å². The van der Waals surface area contributed by atoms with Gasteiger partial charge in [0.2, 0.25) is 5.88 Å². The minimum Gasteiger partial charge on any atom is -0.438 e. The van der Waals surface area contributed by atoms with Gasteiger partial charge in [-0.2, -0.15) is 4.98 Å². The smallest absolute Gasteiger partial charge is 0.232 e. The van der Waals surface area contributed by atoms with E-state index < -0.39 is 0 Å². The second-order valence-corrected chi connectivity index (χ2v) is 8.18. The summed E-state index contributed by atoms with van der Waals surface area (Å²) in [5, 5.41) is 11.0. The van der Waals surface area contributed by atoms with Crippen LogP contribution in [-0.4, -0.2) is 44.0 Å². The van der Waals surface area contributed by atoms with Crippen LogP contribution in [0.15, 0.2) is 72.4 Å². The van der Waals surface area contributed by atoms with Gasteiger partial charge in [0.25, 0.3) is 0 Å². The molecule has 0 atom stereocenters. The predicted molar refractivity (Wildman–Crippen MR) is 122 cm³/mol. The van der Waals surface area contributed by atoms with Crippen LogP contribution in [0.5, 0.6) is 11.6 Å². The fourth-order valence-corrected chi connectivity index (χ4v) is 4.31. The Balaban J connectivity index is 1.62. The highest BCUT2D eigenvalue weighted by atomic mass is 32.1. The molecular formula is C23H20N6OS. The van der Waals surface area contributed by atoms with Crippen LogP contribution in [-0.2, 0) is 6.54 Å². The maximum Gasteiger partial charge on any atom is 0.232 e. The van der Waals surface area contributed by atoms with Gasteiger partial charge in [0, 0.05) is 17.0 Å². The van der Waals surface area contributed by atoms with Gasteiger partial charge in [0.05, 0.1) is 30.0 Å². The van der Waals surface area contributed by atoms with Crippen molar-refractivity contribution in [2.45, 2.75) is 6.54 Å². The van der Waals surface area contributed by atoms with Crippen molar-refractivity contribution in [3.8, 4) is 28.4 Å². The third-order valence-electron chi connectivity index (χ3n) is 4.71. The van der Waals surface area contributed by atoms with E-state index in [1.165, 1.54) is 0 Å². The lowest BCUT2D eigenvalue weighted by atomic mass is 10.1. The van der Waals surface area contributed by atoms with Crippen LogP contribution in [0.2, 0.25) is 0 Å². The largest absolute Gasteiger partial charge is 0.438 e. The maximum absolute atomic E-state index is 6.35. The molecule has 5 aromatic rings.